The molecule has 1 fully saturated rings. The Hall–Kier alpha value is -1.62. The molecule has 0 aliphatic carbocycles. The fourth-order valence-electron chi connectivity index (χ4n) is 2.47. The smallest absolute Gasteiger partial charge is 0.309 e. The van der Waals surface area contributed by atoms with Gasteiger partial charge in [0, 0.05) is 17.9 Å². The van der Waals surface area contributed by atoms with Gasteiger partial charge in [-0.25, -0.2) is 4.79 Å². The lowest BCUT2D eigenvalue weighted by atomic mass is 10.1. The number of nitrogens with one attached hydrogen (secondary N) is 1. The van der Waals surface area contributed by atoms with Crippen molar-refractivity contribution in [3.63, 3.8) is 0 Å². The number of H-pyrrole nitrogens is 1. The number of nitrogens with zero attached hydrogens (tertiary/aromatic N) is 3. The third-order valence-electron chi connectivity index (χ3n) is 3.51. The van der Waals surface area contributed by atoms with Gasteiger partial charge in [-0.2, -0.15) is 0 Å². The molecule has 1 aromatic heterocycles. The summed E-state index contributed by atoms with van der Waals surface area (Å²) in [6.45, 7) is 11.5. The van der Waals surface area contributed by atoms with Gasteiger partial charge in [0.05, 0.1) is 11.9 Å². The van der Waals surface area contributed by atoms with Crippen molar-refractivity contribution in [2.45, 2.75) is 39.7 Å². The summed E-state index contributed by atoms with van der Waals surface area (Å²) in [5.74, 6) is 0. The van der Waals surface area contributed by atoms with Gasteiger partial charge in [0.2, 0.25) is 0 Å². The highest BCUT2D eigenvalue weighted by atomic mass is 16.1. The van der Waals surface area contributed by atoms with Crippen LogP contribution in [0.1, 0.15) is 44.1 Å². The number of aromatic amines is 1. The third-order valence-corrected chi connectivity index (χ3v) is 3.51. The van der Waals surface area contributed by atoms with Gasteiger partial charge < -0.3 is 9.88 Å². The fraction of sp³-hybridized carbons (Fsp3) is 0.600. The summed E-state index contributed by atoms with van der Waals surface area (Å²) in [5.41, 5.74) is 1.70. The number of hydrogen-bond donors (Lipinski definition) is 1. The van der Waals surface area contributed by atoms with Gasteiger partial charge in [0.1, 0.15) is 0 Å². The van der Waals surface area contributed by atoms with Crippen LogP contribution in [0.2, 0.25) is 0 Å². The van der Waals surface area contributed by atoms with Crippen LogP contribution >= 0.6 is 0 Å². The molecule has 2 rings (SSSR count). The average Bonchev–Trinajstić information content (AvgIpc) is 2.74. The summed E-state index contributed by atoms with van der Waals surface area (Å²) in [6, 6.07) is 0.268. The Labute approximate surface area is 121 Å². The second-order valence-electron chi connectivity index (χ2n) is 4.81. The summed E-state index contributed by atoms with van der Waals surface area (Å²) < 4.78 is 1.84. The zero-order valence-corrected chi connectivity index (χ0v) is 13.0. The molecule has 0 atom stereocenters. The van der Waals surface area contributed by atoms with E-state index in [0.29, 0.717) is 0 Å². The first-order valence-corrected chi connectivity index (χ1v) is 7.27. The quantitative estimate of drug-likeness (QED) is 0.863. The SMILES string of the molecule is C=CN=Cc1c(C)[nH]c(=O)n1C1CCN(C)CC1.CC. The molecule has 0 radical (unpaired) electrons. The van der Waals surface area contributed by atoms with E-state index in [9.17, 15) is 4.79 Å². The monoisotopic (exact) mass is 278 g/mol. The largest absolute Gasteiger partial charge is 0.326 e. The van der Waals surface area contributed by atoms with Crippen LogP contribution in [-0.2, 0) is 0 Å². The molecule has 5 nitrogen and oxygen atoms in total. The molecule has 0 bridgehead atoms. The first-order valence-electron chi connectivity index (χ1n) is 7.27. The lowest BCUT2D eigenvalue weighted by Crippen LogP contribution is -2.35. The number of imidazole rings is 1. The van der Waals surface area contributed by atoms with Crippen LogP contribution in [0.15, 0.2) is 22.6 Å². The van der Waals surface area contributed by atoms with Gasteiger partial charge in [-0.3, -0.25) is 9.56 Å². The molecule has 1 aliphatic rings. The highest BCUT2D eigenvalue weighted by molar-refractivity contribution is 5.79. The van der Waals surface area contributed by atoms with Crippen LogP contribution in [0, 0.1) is 6.92 Å². The molecule has 1 saturated heterocycles. The maximum Gasteiger partial charge on any atom is 0.326 e. The Morgan fingerprint density at radius 2 is 1.95 bits per heavy atom. The first kappa shape index (κ1) is 16.4. The van der Waals surface area contributed by atoms with E-state index in [-0.39, 0.29) is 11.7 Å². The third kappa shape index (κ3) is 3.70. The van der Waals surface area contributed by atoms with Gasteiger partial charge in [-0.05, 0) is 39.9 Å². The summed E-state index contributed by atoms with van der Waals surface area (Å²) in [4.78, 5) is 21.2. The van der Waals surface area contributed by atoms with Crippen molar-refractivity contribution in [1.82, 2.24) is 14.5 Å². The predicted octanol–water partition coefficient (Wildman–Crippen LogP) is 2.34. The molecule has 1 N–H and O–H groups in total. The van der Waals surface area contributed by atoms with Gasteiger partial charge in [-0.15, -0.1) is 0 Å². The molecule has 0 aromatic carbocycles. The van der Waals surface area contributed by atoms with E-state index in [4.69, 9.17) is 0 Å². The van der Waals surface area contributed by atoms with Crippen molar-refractivity contribution >= 4 is 6.21 Å². The normalized spacial score (nSPS) is 17.0. The van der Waals surface area contributed by atoms with Crippen LogP contribution in [0.5, 0.6) is 0 Å². The maximum atomic E-state index is 12.0. The molecule has 1 aromatic rings. The van der Waals surface area contributed by atoms with Gasteiger partial charge >= 0.3 is 5.69 Å². The number of aliphatic imine (C=N–C) groups is 1. The zero-order valence-electron chi connectivity index (χ0n) is 13.0. The van der Waals surface area contributed by atoms with E-state index in [1.54, 1.807) is 6.21 Å². The average molecular weight is 278 g/mol. The number of rotatable bonds is 3. The molecule has 2 heterocycles. The van der Waals surface area contributed by atoms with Crippen molar-refractivity contribution < 1.29 is 0 Å². The van der Waals surface area contributed by atoms with Crippen molar-refractivity contribution in [1.29, 1.82) is 0 Å². The molecule has 0 spiro atoms. The highest BCUT2D eigenvalue weighted by Gasteiger charge is 2.22. The minimum absolute atomic E-state index is 0.0347. The Bertz CT molecular complexity index is 504. The maximum absolute atomic E-state index is 12.0. The summed E-state index contributed by atoms with van der Waals surface area (Å²) >= 11 is 0. The minimum atomic E-state index is -0.0347. The van der Waals surface area contributed by atoms with E-state index in [1.807, 2.05) is 25.3 Å². The van der Waals surface area contributed by atoms with E-state index >= 15 is 0 Å². The number of likely N-dealkylation sites (tertiary alicyclic amines) is 1. The van der Waals surface area contributed by atoms with Crippen molar-refractivity contribution in [2.24, 2.45) is 4.99 Å². The predicted molar refractivity (Wildman–Crippen MR) is 84.7 cm³/mol. The zero-order chi connectivity index (χ0) is 15.1. The first-order chi connectivity index (χ1) is 9.63. The second-order valence-corrected chi connectivity index (χ2v) is 4.81. The van der Waals surface area contributed by atoms with Crippen LogP contribution in [0.3, 0.4) is 0 Å². The number of piperidine rings is 1. The fourth-order valence-corrected chi connectivity index (χ4v) is 2.47. The standard InChI is InChI=1S/C13H20N4O.C2H6/c1-4-14-9-12-10(2)15-13(18)17(12)11-5-7-16(3)8-6-11;1-2/h4,9,11H,1,5-8H2,2-3H3,(H,15,18);1-2H3. The van der Waals surface area contributed by atoms with Crippen LogP contribution in [-0.4, -0.2) is 40.8 Å². The number of hydrogen-bond acceptors (Lipinski definition) is 3. The van der Waals surface area contributed by atoms with Gasteiger partial charge in [0.25, 0.3) is 0 Å². The summed E-state index contributed by atoms with van der Waals surface area (Å²) in [7, 11) is 2.11. The minimum Gasteiger partial charge on any atom is -0.309 e. The Balaban J connectivity index is 0.000000956. The van der Waals surface area contributed by atoms with Gasteiger partial charge in [-0.1, -0.05) is 20.4 Å². The van der Waals surface area contributed by atoms with Crippen LogP contribution in [0.4, 0.5) is 0 Å². The molecule has 0 saturated carbocycles. The van der Waals surface area contributed by atoms with E-state index in [1.165, 1.54) is 6.20 Å². The lowest BCUT2D eigenvalue weighted by Gasteiger charge is -2.29. The van der Waals surface area contributed by atoms with Crippen molar-refractivity contribution in [2.75, 3.05) is 20.1 Å². The summed E-state index contributed by atoms with van der Waals surface area (Å²) in [6.07, 6.45) is 5.19. The second kappa shape index (κ2) is 7.85. The lowest BCUT2D eigenvalue weighted by molar-refractivity contribution is 0.218. The topological polar surface area (TPSA) is 53.4 Å². The molecule has 1 aliphatic heterocycles. The molecule has 20 heavy (non-hydrogen) atoms. The molecular formula is C15H26N4O. The number of aromatic nitrogens is 2. The Morgan fingerprint density at radius 3 is 2.50 bits per heavy atom. The van der Waals surface area contributed by atoms with Crippen molar-refractivity contribution in [3.8, 4) is 0 Å². The Morgan fingerprint density at radius 1 is 1.35 bits per heavy atom. The van der Waals surface area contributed by atoms with E-state index < -0.39 is 0 Å². The number of aryl methyl sites for hydroxylation is 1. The molecule has 5 heteroatoms. The van der Waals surface area contributed by atoms with E-state index in [0.717, 1.165) is 37.3 Å². The van der Waals surface area contributed by atoms with Gasteiger partial charge in [0.15, 0.2) is 0 Å². The van der Waals surface area contributed by atoms with E-state index in [2.05, 4.69) is 28.5 Å². The van der Waals surface area contributed by atoms with Crippen LogP contribution < -0.4 is 5.69 Å². The van der Waals surface area contributed by atoms with Crippen LogP contribution in [0.25, 0.3) is 0 Å². The highest BCUT2D eigenvalue weighted by Crippen LogP contribution is 2.22. The molecular weight excluding hydrogens is 252 g/mol. The molecule has 0 amide bonds. The molecule has 112 valence electrons. The Kier molecular flexibility index (Phi) is 6.45. The van der Waals surface area contributed by atoms with Crippen molar-refractivity contribution in [3.05, 3.63) is 34.7 Å². The summed E-state index contributed by atoms with van der Waals surface area (Å²) in [5, 5.41) is 0. The molecule has 0 unspecified atom stereocenters.